The van der Waals surface area contributed by atoms with Crippen molar-refractivity contribution in [2.75, 3.05) is 6.54 Å². The van der Waals surface area contributed by atoms with E-state index >= 15 is 0 Å². The molecule has 1 atom stereocenters. The molecule has 1 aliphatic heterocycles. The van der Waals surface area contributed by atoms with Crippen LogP contribution in [-0.2, 0) is 3.87 Å². The molecule has 1 aliphatic rings. The summed E-state index contributed by atoms with van der Waals surface area (Å²) in [4.78, 5) is 3.98. The van der Waals surface area contributed by atoms with Crippen molar-refractivity contribution in [1.29, 1.82) is 0 Å². The van der Waals surface area contributed by atoms with Gasteiger partial charge in [0.05, 0.1) is 6.54 Å². The van der Waals surface area contributed by atoms with Crippen molar-refractivity contribution in [2.24, 2.45) is 4.99 Å². The number of hydrogen-bond acceptors (Lipinski definition) is 4. The van der Waals surface area contributed by atoms with E-state index in [1.165, 1.54) is 12.0 Å². The fourth-order valence-electron chi connectivity index (χ4n) is 0.497. The SMILES string of the molecule is C[Si](C)(C)OSC1=NCC1O. The van der Waals surface area contributed by atoms with Gasteiger partial charge < -0.3 is 8.98 Å². The van der Waals surface area contributed by atoms with Crippen LogP contribution in [0.25, 0.3) is 0 Å². The highest BCUT2D eigenvalue weighted by Crippen LogP contribution is 2.21. The molecule has 0 saturated heterocycles. The molecule has 11 heavy (non-hydrogen) atoms. The zero-order valence-electron chi connectivity index (χ0n) is 7.00. The summed E-state index contributed by atoms with van der Waals surface area (Å²) >= 11 is 1.24. The summed E-state index contributed by atoms with van der Waals surface area (Å²) in [6.45, 7) is 6.85. The molecule has 0 saturated carbocycles. The molecule has 1 unspecified atom stereocenters. The summed E-state index contributed by atoms with van der Waals surface area (Å²) in [5.41, 5.74) is 0. The van der Waals surface area contributed by atoms with Gasteiger partial charge in [0, 0.05) is 12.0 Å². The first-order valence-corrected chi connectivity index (χ1v) is 7.72. The van der Waals surface area contributed by atoms with Crippen molar-refractivity contribution in [3.8, 4) is 0 Å². The first-order valence-electron chi connectivity index (χ1n) is 3.57. The fourth-order valence-corrected chi connectivity index (χ4v) is 2.15. The monoisotopic (exact) mass is 191 g/mol. The van der Waals surface area contributed by atoms with Crippen LogP contribution in [-0.4, -0.2) is 31.1 Å². The van der Waals surface area contributed by atoms with Crippen LogP contribution in [0.3, 0.4) is 0 Å². The van der Waals surface area contributed by atoms with Gasteiger partial charge in [-0.25, -0.2) is 0 Å². The van der Waals surface area contributed by atoms with Crippen molar-refractivity contribution in [1.82, 2.24) is 0 Å². The quantitative estimate of drug-likeness (QED) is 0.528. The van der Waals surface area contributed by atoms with Crippen molar-refractivity contribution in [3.63, 3.8) is 0 Å². The summed E-state index contributed by atoms with van der Waals surface area (Å²) < 4.78 is 5.47. The summed E-state index contributed by atoms with van der Waals surface area (Å²) in [5.74, 6) is 0. The third kappa shape index (κ3) is 2.94. The van der Waals surface area contributed by atoms with E-state index in [0.29, 0.717) is 6.54 Å². The molecule has 0 bridgehead atoms. The molecule has 0 aromatic carbocycles. The van der Waals surface area contributed by atoms with E-state index < -0.39 is 8.32 Å². The lowest BCUT2D eigenvalue weighted by atomic mass is 10.3. The Morgan fingerprint density at radius 2 is 2.27 bits per heavy atom. The molecule has 0 fully saturated rings. The number of rotatable bonds is 2. The molecule has 1 rings (SSSR count). The van der Waals surface area contributed by atoms with Gasteiger partial charge in [0.15, 0.2) is 0 Å². The van der Waals surface area contributed by atoms with Gasteiger partial charge in [-0.3, -0.25) is 4.99 Å². The van der Waals surface area contributed by atoms with Crippen LogP contribution < -0.4 is 0 Å². The Morgan fingerprint density at radius 3 is 2.55 bits per heavy atom. The van der Waals surface area contributed by atoms with Gasteiger partial charge in [-0.05, 0) is 19.6 Å². The third-order valence-electron chi connectivity index (χ3n) is 1.08. The predicted molar refractivity (Wildman–Crippen MR) is 50.3 cm³/mol. The van der Waals surface area contributed by atoms with Gasteiger partial charge in [-0.1, -0.05) is 0 Å². The second-order valence-corrected chi connectivity index (χ2v) is 8.95. The zero-order chi connectivity index (χ0) is 8.48. The number of nitrogens with zero attached hydrogens (tertiary/aromatic N) is 1. The predicted octanol–water partition coefficient (Wildman–Crippen LogP) is 1.26. The average molecular weight is 191 g/mol. The lowest BCUT2D eigenvalue weighted by Gasteiger charge is -2.22. The standard InChI is InChI=1S/C6H13NO2SSi/c1-11(2,3)9-10-6-5(8)4-7-6/h5,8H,4H2,1-3H3. The molecule has 1 N–H and O–H groups in total. The first kappa shape index (κ1) is 9.25. The highest BCUT2D eigenvalue weighted by atomic mass is 32.2. The van der Waals surface area contributed by atoms with E-state index in [1.54, 1.807) is 0 Å². The molecule has 64 valence electrons. The summed E-state index contributed by atoms with van der Waals surface area (Å²) in [7, 11) is -1.46. The maximum Gasteiger partial charge on any atom is 0.202 e. The Hall–Kier alpha value is 0.157. The molecule has 3 nitrogen and oxygen atoms in total. The molecule has 0 aromatic rings. The van der Waals surface area contributed by atoms with Gasteiger partial charge in [-0.2, -0.15) is 0 Å². The van der Waals surface area contributed by atoms with E-state index in [4.69, 9.17) is 8.98 Å². The molecule has 0 aromatic heterocycles. The Kier molecular flexibility index (Phi) is 2.74. The van der Waals surface area contributed by atoms with Gasteiger partial charge >= 0.3 is 0 Å². The molecule has 0 aliphatic carbocycles. The normalized spacial score (nSPS) is 24.4. The van der Waals surface area contributed by atoms with Crippen LogP contribution >= 0.6 is 12.0 Å². The Bertz CT molecular complexity index is 178. The minimum atomic E-state index is -1.46. The van der Waals surface area contributed by atoms with Gasteiger partial charge in [0.2, 0.25) is 8.32 Å². The Labute approximate surface area is 72.2 Å². The van der Waals surface area contributed by atoms with Crippen molar-refractivity contribution in [2.45, 2.75) is 25.7 Å². The van der Waals surface area contributed by atoms with Gasteiger partial charge in [-0.15, -0.1) is 0 Å². The van der Waals surface area contributed by atoms with Crippen LogP contribution in [0, 0.1) is 0 Å². The van der Waals surface area contributed by atoms with Crippen LogP contribution in [0.1, 0.15) is 0 Å². The smallest absolute Gasteiger partial charge is 0.202 e. The van der Waals surface area contributed by atoms with Crippen molar-refractivity contribution in [3.05, 3.63) is 0 Å². The third-order valence-corrected chi connectivity index (χ3v) is 3.99. The highest BCUT2D eigenvalue weighted by Gasteiger charge is 2.25. The molecule has 1 heterocycles. The summed E-state index contributed by atoms with van der Waals surface area (Å²) in [6.07, 6.45) is -0.364. The van der Waals surface area contributed by atoms with E-state index in [1.807, 2.05) is 0 Å². The number of aliphatic hydroxyl groups excluding tert-OH is 1. The molecular formula is C6H13NO2SSi. The largest absolute Gasteiger partial charge is 0.384 e. The highest BCUT2D eigenvalue weighted by molar-refractivity contribution is 8.10. The van der Waals surface area contributed by atoms with E-state index in [2.05, 4.69) is 24.6 Å². The lowest BCUT2D eigenvalue weighted by molar-refractivity contribution is 0.236. The maximum absolute atomic E-state index is 9.09. The molecular weight excluding hydrogens is 178 g/mol. The second kappa shape index (κ2) is 3.26. The zero-order valence-corrected chi connectivity index (χ0v) is 8.81. The van der Waals surface area contributed by atoms with Gasteiger partial charge in [0.1, 0.15) is 11.1 Å². The summed E-state index contributed by atoms with van der Waals surface area (Å²) in [5, 5.41) is 9.82. The maximum atomic E-state index is 9.09. The van der Waals surface area contributed by atoms with E-state index in [-0.39, 0.29) is 6.10 Å². The first-order chi connectivity index (χ1) is 4.99. The van der Waals surface area contributed by atoms with Crippen LogP contribution in [0.4, 0.5) is 0 Å². The van der Waals surface area contributed by atoms with Crippen molar-refractivity contribution >= 4 is 25.4 Å². The van der Waals surface area contributed by atoms with E-state index in [0.717, 1.165) is 5.04 Å². The van der Waals surface area contributed by atoms with Crippen LogP contribution in [0.5, 0.6) is 0 Å². The molecule has 0 spiro atoms. The molecule has 0 radical (unpaired) electrons. The topological polar surface area (TPSA) is 41.8 Å². The number of aliphatic hydroxyl groups is 1. The number of aliphatic imine (C=N–C) groups is 1. The lowest BCUT2D eigenvalue weighted by Crippen LogP contribution is -2.33. The average Bonchev–Trinajstić information content (AvgIpc) is 1.82. The second-order valence-electron chi connectivity index (χ2n) is 3.47. The minimum Gasteiger partial charge on any atom is -0.384 e. The number of hydrogen-bond donors (Lipinski definition) is 1. The molecule has 0 amide bonds. The minimum absolute atomic E-state index is 0.364. The Morgan fingerprint density at radius 1 is 1.64 bits per heavy atom. The fraction of sp³-hybridized carbons (Fsp3) is 0.833. The van der Waals surface area contributed by atoms with Crippen LogP contribution in [0.2, 0.25) is 19.6 Å². The van der Waals surface area contributed by atoms with Gasteiger partial charge in [0.25, 0.3) is 0 Å². The Balaban J connectivity index is 2.23. The van der Waals surface area contributed by atoms with Crippen molar-refractivity contribution < 1.29 is 8.98 Å². The molecule has 5 heteroatoms. The summed E-state index contributed by atoms with van der Waals surface area (Å²) in [6, 6.07) is 0. The van der Waals surface area contributed by atoms with Crippen LogP contribution in [0.15, 0.2) is 4.99 Å². The van der Waals surface area contributed by atoms with E-state index in [9.17, 15) is 0 Å².